The summed E-state index contributed by atoms with van der Waals surface area (Å²) in [5, 5.41) is 9.41. The fourth-order valence-electron chi connectivity index (χ4n) is 1.85. The average molecular weight is 257 g/mol. The Labute approximate surface area is 106 Å². The Bertz CT molecular complexity index is 439. The van der Waals surface area contributed by atoms with E-state index in [0.29, 0.717) is 10.8 Å². The lowest BCUT2D eigenvalue weighted by Crippen LogP contribution is -2.22. The van der Waals surface area contributed by atoms with Crippen LogP contribution in [0.4, 0.5) is 0 Å². The maximum absolute atomic E-state index is 10.9. The number of carbonyl (C=O) groups is 1. The van der Waals surface area contributed by atoms with Gasteiger partial charge >= 0.3 is 5.97 Å². The van der Waals surface area contributed by atoms with Gasteiger partial charge in [0.2, 0.25) is 0 Å². The van der Waals surface area contributed by atoms with Gasteiger partial charge in [-0.2, -0.15) is 0 Å². The number of aryl methyl sites for hydroxylation is 1. The highest BCUT2D eigenvalue weighted by Gasteiger charge is 2.28. The van der Waals surface area contributed by atoms with Gasteiger partial charge in [-0.05, 0) is 24.1 Å². The van der Waals surface area contributed by atoms with Crippen LogP contribution in [-0.4, -0.2) is 18.2 Å². The second kappa shape index (κ2) is 4.96. The summed E-state index contributed by atoms with van der Waals surface area (Å²) in [5.74, 6) is -0.258. The molecule has 0 aromatic heterocycles. The van der Waals surface area contributed by atoms with Gasteiger partial charge in [-0.25, -0.2) is 0 Å². The summed E-state index contributed by atoms with van der Waals surface area (Å²) in [7, 11) is 1.55. The van der Waals surface area contributed by atoms with E-state index in [1.807, 2.05) is 32.9 Å². The molecule has 0 amide bonds. The molecule has 0 spiro atoms. The zero-order chi connectivity index (χ0) is 13.2. The van der Waals surface area contributed by atoms with Crippen LogP contribution in [0.15, 0.2) is 12.1 Å². The lowest BCUT2D eigenvalue weighted by molar-refractivity contribution is -0.138. The van der Waals surface area contributed by atoms with E-state index in [1.165, 1.54) is 0 Å². The molecule has 0 unspecified atom stereocenters. The van der Waals surface area contributed by atoms with Crippen LogP contribution in [0.1, 0.15) is 31.4 Å². The Hall–Kier alpha value is -1.22. The quantitative estimate of drug-likeness (QED) is 0.898. The number of benzene rings is 1. The van der Waals surface area contributed by atoms with Crippen molar-refractivity contribution in [3.63, 3.8) is 0 Å². The van der Waals surface area contributed by atoms with Crippen LogP contribution in [0.5, 0.6) is 5.75 Å². The van der Waals surface area contributed by atoms with Crippen LogP contribution in [0.25, 0.3) is 0 Å². The largest absolute Gasteiger partial charge is 0.495 e. The number of halogens is 1. The fourth-order valence-corrected chi connectivity index (χ4v) is 2.29. The van der Waals surface area contributed by atoms with Gasteiger partial charge in [0.25, 0.3) is 0 Å². The van der Waals surface area contributed by atoms with Crippen molar-refractivity contribution >= 4 is 17.6 Å². The molecule has 0 heterocycles. The average Bonchev–Trinajstić information content (AvgIpc) is 2.18. The lowest BCUT2D eigenvalue weighted by atomic mass is 9.81. The molecule has 94 valence electrons. The van der Waals surface area contributed by atoms with E-state index < -0.39 is 11.4 Å². The van der Waals surface area contributed by atoms with Crippen molar-refractivity contribution in [2.24, 2.45) is 0 Å². The van der Waals surface area contributed by atoms with E-state index in [9.17, 15) is 4.79 Å². The van der Waals surface area contributed by atoms with E-state index in [-0.39, 0.29) is 6.42 Å². The van der Waals surface area contributed by atoms with Gasteiger partial charge in [0, 0.05) is 5.41 Å². The predicted molar refractivity (Wildman–Crippen MR) is 68.0 cm³/mol. The van der Waals surface area contributed by atoms with Crippen LogP contribution in [-0.2, 0) is 10.2 Å². The Morgan fingerprint density at radius 1 is 1.47 bits per heavy atom. The molecule has 1 aromatic rings. The van der Waals surface area contributed by atoms with Crippen LogP contribution in [0.3, 0.4) is 0 Å². The van der Waals surface area contributed by atoms with Crippen molar-refractivity contribution in [1.82, 2.24) is 0 Å². The van der Waals surface area contributed by atoms with Gasteiger partial charge in [-0.1, -0.05) is 31.5 Å². The monoisotopic (exact) mass is 256 g/mol. The molecule has 0 fully saturated rings. The number of aliphatic carboxylic acids is 1. The maximum Gasteiger partial charge on any atom is 0.304 e. The lowest BCUT2D eigenvalue weighted by Gasteiger charge is -2.25. The standard InChI is InChI=1S/C13H17ClO3/c1-8-5-9(12(14)10(6-8)17-4)13(2,3)7-11(15)16/h5-6H,7H2,1-4H3,(H,15,16). The summed E-state index contributed by atoms with van der Waals surface area (Å²) >= 11 is 6.23. The molecule has 1 aromatic carbocycles. The number of rotatable bonds is 4. The first-order valence-corrected chi connectivity index (χ1v) is 5.72. The Morgan fingerprint density at radius 3 is 2.53 bits per heavy atom. The normalized spacial score (nSPS) is 11.4. The molecular weight excluding hydrogens is 240 g/mol. The molecule has 3 nitrogen and oxygen atoms in total. The second-order valence-electron chi connectivity index (χ2n) is 4.78. The number of carboxylic acid groups (broad SMARTS) is 1. The van der Waals surface area contributed by atoms with Crippen molar-refractivity contribution in [1.29, 1.82) is 0 Å². The first-order valence-electron chi connectivity index (χ1n) is 5.34. The second-order valence-corrected chi connectivity index (χ2v) is 5.16. The molecule has 0 atom stereocenters. The number of ether oxygens (including phenoxy) is 1. The molecule has 17 heavy (non-hydrogen) atoms. The molecule has 0 saturated heterocycles. The topological polar surface area (TPSA) is 46.5 Å². The number of hydrogen-bond acceptors (Lipinski definition) is 2. The SMILES string of the molecule is COc1cc(C)cc(C(C)(C)CC(=O)O)c1Cl. The van der Waals surface area contributed by atoms with Gasteiger partial charge in [-0.3, -0.25) is 4.79 Å². The molecule has 0 saturated carbocycles. The molecule has 0 bridgehead atoms. The summed E-state index contributed by atoms with van der Waals surface area (Å²) in [6, 6.07) is 3.75. The molecule has 4 heteroatoms. The van der Waals surface area contributed by atoms with Crippen LogP contribution in [0.2, 0.25) is 5.02 Å². The molecule has 1 N–H and O–H groups in total. The summed E-state index contributed by atoms with van der Waals surface area (Å²) in [6.45, 7) is 5.65. The first-order chi connectivity index (χ1) is 7.77. The third kappa shape index (κ3) is 3.13. The van der Waals surface area contributed by atoms with Gasteiger partial charge in [0.05, 0.1) is 18.6 Å². The Balaban J connectivity index is 3.29. The highest BCUT2D eigenvalue weighted by atomic mass is 35.5. The van der Waals surface area contributed by atoms with E-state index >= 15 is 0 Å². The molecule has 0 aliphatic heterocycles. The van der Waals surface area contributed by atoms with E-state index in [0.717, 1.165) is 11.1 Å². The first kappa shape index (κ1) is 13.8. The zero-order valence-electron chi connectivity index (χ0n) is 10.5. The predicted octanol–water partition coefficient (Wildman–Crippen LogP) is 3.41. The van der Waals surface area contributed by atoms with Crippen molar-refractivity contribution in [3.8, 4) is 5.75 Å². The molecular formula is C13H17ClO3. The van der Waals surface area contributed by atoms with Crippen LogP contribution < -0.4 is 4.74 Å². The highest BCUT2D eigenvalue weighted by molar-refractivity contribution is 6.33. The van der Waals surface area contributed by atoms with Gasteiger partial charge in [-0.15, -0.1) is 0 Å². The smallest absolute Gasteiger partial charge is 0.304 e. The molecule has 0 radical (unpaired) electrons. The van der Waals surface area contributed by atoms with Crippen molar-refractivity contribution in [2.45, 2.75) is 32.6 Å². The van der Waals surface area contributed by atoms with Crippen LogP contribution >= 0.6 is 11.6 Å². The third-order valence-electron chi connectivity index (χ3n) is 2.73. The summed E-state index contributed by atoms with van der Waals surface area (Å²) < 4.78 is 5.19. The van der Waals surface area contributed by atoms with Gasteiger partial charge in [0.15, 0.2) is 0 Å². The van der Waals surface area contributed by atoms with E-state index in [1.54, 1.807) is 7.11 Å². The third-order valence-corrected chi connectivity index (χ3v) is 3.12. The van der Waals surface area contributed by atoms with Crippen molar-refractivity contribution in [2.75, 3.05) is 7.11 Å². The zero-order valence-corrected chi connectivity index (χ0v) is 11.3. The Kier molecular flexibility index (Phi) is 4.04. The maximum atomic E-state index is 10.9. The Morgan fingerprint density at radius 2 is 2.06 bits per heavy atom. The van der Waals surface area contributed by atoms with Crippen molar-refractivity contribution < 1.29 is 14.6 Å². The minimum atomic E-state index is -0.841. The number of methoxy groups -OCH3 is 1. The number of hydrogen-bond donors (Lipinski definition) is 1. The molecule has 0 aliphatic rings. The van der Waals surface area contributed by atoms with Gasteiger partial charge < -0.3 is 9.84 Å². The number of carboxylic acids is 1. The van der Waals surface area contributed by atoms with Gasteiger partial charge in [0.1, 0.15) is 5.75 Å². The minimum Gasteiger partial charge on any atom is -0.495 e. The highest BCUT2D eigenvalue weighted by Crippen LogP contribution is 2.38. The summed E-state index contributed by atoms with van der Waals surface area (Å²) in [4.78, 5) is 10.9. The molecule has 1 rings (SSSR count). The summed E-state index contributed by atoms with van der Waals surface area (Å²) in [5.41, 5.74) is 1.28. The molecule has 0 aliphatic carbocycles. The summed E-state index contributed by atoms with van der Waals surface area (Å²) in [6.07, 6.45) is 0.0271. The van der Waals surface area contributed by atoms with E-state index in [4.69, 9.17) is 21.4 Å². The van der Waals surface area contributed by atoms with Crippen LogP contribution in [0, 0.1) is 6.92 Å². The fraction of sp³-hybridized carbons (Fsp3) is 0.462. The minimum absolute atomic E-state index is 0.0271. The van der Waals surface area contributed by atoms with Crippen molar-refractivity contribution in [3.05, 3.63) is 28.3 Å². The van der Waals surface area contributed by atoms with E-state index in [2.05, 4.69) is 0 Å².